The summed E-state index contributed by atoms with van der Waals surface area (Å²) in [7, 11) is 1.51. The van der Waals surface area contributed by atoms with Crippen LogP contribution in [0.3, 0.4) is 0 Å². The molecule has 6 heteroatoms. The maximum Gasteiger partial charge on any atom is 0.258 e. The summed E-state index contributed by atoms with van der Waals surface area (Å²) in [4.78, 5) is 18.9. The first-order chi connectivity index (χ1) is 11.0. The van der Waals surface area contributed by atoms with E-state index in [1.54, 1.807) is 11.1 Å². The summed E-state index contributed by atoms with van der Waals surface area (Å²) in [6.07, 6.45) is 1.54. The number of carbonyl (C=O) groups is 1. The summed E-state index contributed by atoms with van der Waals surface area (Å²) in [5, 5.41) is 3.74. The molecule has 23 heavy (non-hydrogen) atoms. The maximum atomic E-state index is 14.5. The van der Waals surface area contributed by atoms with Crippen LogP contribution in [-0.4, -0.2) is 54.7 Å². The lowest BCUT2D eigenvalue weighted by Gasteiger charge is -2.27. The van der Waals surface area contributed by atoms with Crippen molar-refractivity contribution in [2.24, 2.45) is 0 Å². The van der Waals surface area contributed by atoms with Crippen LogP contribution in [0.4, 0.5) is 4.39 Å². The van der Waals surface area contributed by atoms with E-state index in [1.165, 1.54) is 14.0 Å². The molecule has 1 fully saturated rings. The summed E-state index contributed by atoms with van der Waals surface area (Å²) in [5.74, 6) is 0.180. The number of benzene rings is 1. The Balaban J connectivity index is 2.06. The van der Waals surface area contributed by atoms with E-state index in [0.717, 1.165) is 5.39 Å². The van der Waals surface area contributed by atoms with Crippen molar-refractivity contribution < 1.29 is 13.9 Å². The van der Waals surface area contributed by atoms with Gasteiger partial charge in [-0.15, -0.1) is 0 Å². The lowest BCUT2D eigenvalue weighted by molar-refractivity contribution is 0.0655. The monoisotopic (exact) mass is 317 g/mol. The summed E-state index contributed by atoms with van der Waals surface area (Å²) >= 11 is 0. The lowest BCUT2D eigenvalue weighted by atomic mass is 10.1. The minimum atomic E-state index is -1.46. The van der Waals surface area contributed by atoms with E-state index in [1.807, 2.05) is 24.3 Å². The third kappa shape index (κ3) is 3.12. The number of para-hydroxylation sites is 1. The fourth-order valence-corrected chi connectivity index (χ4v) is 2.93. The molecule has 1 saturated heterocycles. The molecule has 0 spiro atoms. The second-order valence-corrected chi connectivity index (χ2v) is 6.04. The number of fused-ring (bicyclic) bond motifs is 1. The van der Waals surface area contributed by atoms with Gasteiger partial charge in [-0.05, 0) is 13.0 Å². The summed E-state index contributed by atoms with van der Waals surface area (Å²) in [5.41, 5.74) is -0.300. The van der Waals surface area contributed by atoms with E-state index >= 15 is 0 Å². The zero-order valence-electron chi connectivity index (χ0n) is 13.3. The number of nitrogens with one attached hydrogen (secondary N) is 1. The minimum absolute atomic E-state index is 0.0542. The van der Waals surface area contributed by atoms with Gasteiger partial charge >= 0.3 is 0 Å². The van der Waals surface area contributed by atoms with Gasteiger partial charge < -0.3 is 15.0 Å². The molecule has 1 N–H and O–H groups in total. The van der Waals surface area contributed by atoms with Gasteiger partial charge in [0.1, 0.15) is 5.67 Å². The smallest absolute Gasteiger partial charge is 0.258 e. The number of hydrogen-bond donors (Lipinski definition) is 1. The summed E-state index contributed by atoms with van der Waals surface area (Å²) in [6.45, 7) is 2.83. The van der Waals surface area contributed by atoms with Crippen LogP contribution in [0.2, 0.25) is 0 Å². The van der Waals surface area contributed by atoms with Crippen molar-refractivity contribution >= 4 is 16.8 Å². The molecule has 0 bridgehead atoms. The van der Waals surface area contributed by atoms with E-state index in [0.29, 0.717) is 29.9 Å². The number of halogens is 1. The van der Waals surface area contributed by atoms with Gasteiger partial charge in [0.15, 0.2) is 5.75 Å². The Kier molecular flexibility index (Phi) is 4.17. The molecule has 0 aliphatic carbocycles. The van der Waals surface area contributed by atoms with Crippen molar-refractivity contribution in [2.75, 3.05) is 33.3 Å². The Hall–Kier alpha value is -2.21. The van der Waals surface area contributed by atoms with Gasteiger partial charge in [0.05, 0.1) is 30.9 Å². The van der Waals surface area contributed by atoms with Crippen LogP contribution >= 0.6 is 0 Å². The first kappa shape index (κ1) is 15.7. The quantitative estimate of drug-likeness (QED) is 0.921. The number of carbonyl (C=O) groups excluding carboxylic acids is 1. The Morgan fingerprint density at radius 3 is 3.00 bits per heavy atom. The molecule has 0 saturated carbocycles. The molecule has 1 aliphatic heterocycles. The van der Waals surface area contributed by atoms with E-state index in [9.17, 15) is 9.18 Å². The molecule has 1 unspecified atom stereocenters. The van der Waals surface area contributed by atoms with E-state index < -0.39 is 5.67 Å². The van der Waals surface area contributed by atoms with Crippen molar-refractivity contribution in [1.82, 2.24) is 15.2 Å². The number of ether oxygens (including phenoxy) is 1. The van der Waals surface area contributed by atoms with Crippen LogP contribution in [0.15, 0.2) is 30.5 Å². The molecule has 2 aromatic rings. The molecule has 2 heterocycles. The van der Waals surface area contributed by atoms with E-state index in [2.05, 4.69) is 10.3 Å². The topological polar surface area (TPSA) is 54.5 Å². The van der Waals surface area contributed by atoms with Crippen LogP contribution in [0.1, 0.15) is 17.3 Å². The molecule has 5 nitrogen and oxygen atoms in total. The molecule has 1 amide bonds. The van der Waals surface area contributed by atoms with Gasteiger partial charge in [-0.25, -0.2) is 4.39 Å². The summed E-state index contributed by atoms with van der Waals surface area (Å²) in [6, 6.07) is 7.39. The van der Waals surface area contributed by atoms with Gasteiger partial charge in [-0.3, -0.25) is 9.78 Å². The van der Waals surface area contributed by atoms with Crippen LogP contribution in [0.5, 0.6) is 5.75 Å². The molecule has 1 atom stereocenters. The summed E-state index contributed by atoms with van der Waals surface area (Å²) < 4.78 is 19.8. The van der Waals surface area contributed by atoms with E-state index in [4.69, 9.17) is 4.74 Å². The van der Waals surface area contributed by atoms with Crippen molar-refractivity contribution in [2.45, 2.75) is 12.6 Å². The van der Waals surface area contributed by atoms with Gasteiger partial charge in [0.25, 0.3) is 5.91 Å². The SMILES string of the molecule is COc1cnc2ccccc2c1C(=O)N1CCNCC(C)(F)C1. The molecular weight excluding hydrogens is 297 g/mol. The average molecular weight is 317 g/mol. The van der Waals surface area contributed by atoms with Gasteiger partial charge in [-0.2, -0.15) is 0 Å². The van der Waals surface area contributed by atoms with Crippen LogP contribution in [0, 0.1) is 0 Å². The highest BCUT2D eigenvalue weighted by molar-refractivity contribution is 6.08. The number of pyridine rings is 1. The van der Waals surface area contributed by atoms with Crippen molar-refractivity contribution in [3.05, 3.63) is 36.0 Å². The van der Waals surface area contributed by atoms with Crippen molar-refractivity contribution in [3.63, 3.8) is 0 Å². The average Bonchev–Trinajstić information content (AvgIpc) is 2.73. The number of rotatable bonds is 2. The van der Waals surface area contributed by atoms with Crippen molar-refractivity contribution in [1.29, 1.82) is 0 Å². The number of amides is 1. The number of alkyl halides is 1. The standard InChI is InChI=1S/C17H20FN3O2/c1-17(18)10-19-7-8-21(11-17)16(22)15-12-5-3-4-6-13(12)20-9-14(15)23-2/h3-6,9,19H,7-8,10-11H2,1-2H3. The second-order valence-electron chi connectivity index (χ2n) is 6.04. The molecule has 1 aromatic carbocycles. The lowest BCUT2D eigenvalue weighted by Crippen LogP contribution is -2.42. The Morgan fingerprint density at radius 1 is 1.43 bits per heavy atom. The predicted molar refractivity (Wildman–Crippen MR) is 86.6 cm³/mol. The normalized spacial score (nSPS) is 22.0. The van der Waals surface area contributed by atoms with Crippen molar-refractivity contribution in [3.8, 4) is 5.75 Å². The number of methoxy groups -OCH3 is 1. The highest BCUT2D eigenvalue weighted by atomic mass is 19.1. The highest BCUT2D eigenvalue weighted by Crippen LogP contribution is 2.28. The van der Waals surface area contributed by atoms with Crippen LogP contribution < -0.4 is 10.1 Å². The highest BCUT2D eigenvalue weighted by Gasteiger charge is 2.33. The fraction of sp³-hybridized carbons (Fsp3) is 0.412. The maximum absolute atomic E-state index is 14.5. The predicted octanol–water partition coefficient (Wildman–Crippen LogP) is 2.02. The molecule has 0 radical (unpaired) electrons. The number of hydrogen-bond acceptors (Lipinski definition) is 4. The zero-order valence-corrected chi connectivity index (χ0v) is 13.3. The van der Waals surface area contributed by atoms with E-state index in [-0.39, 0.29) is 19.0 Å². The molecule has 3 rings (SSSR count). The Morgan fingerprint density at radius 2 is 2.22 bits per heavy atom. The van der Waals surface area contributed by atoms with Gasteiger partial charge in [0.2, 0.25) is 0 Å². The zero-order chi connectivity index (χ0) is 16.4. The first-order valence-electron chi connectivity index (χ1n) is 7.62. The second kappa shape index (κ2) is 6.12. The third-order valence-corrected chi connectivity index (χ3v) is 4.03. The van der Waals surface area contributed by atoms with Crippen LogP contribution in [-0.2, 0) is 0 Å². The van der Waals surface area contributed by atoms with Crippen LogP contribution in [0.25, 0.3) is 10.9 Å². The third-order valence-electron chi connectivity index (χ3n) is 4.03. The molecule has 1 aromatic heterocycles. The molecular formula is C17H20FN3O2. The first-order valence-corrected chi connectivity index (χ1v) is 7.62. The van der Waals surface area contributed by atoms with Gasteiger partial charge in [-0.1, -0.05) is 18.2 Å². The molecule has 1 aliphatic rings. The van der Waals surface area contributed by atoms with Gasteiger partial charge in [0, 0.05) is 25.0 Å². The minimum Gasteiger partial charge on any atom is -0.494 e. The number of aromatic nitrogens is 1. The number of nitrogens with zero attached hydrogens (tertiary/aromatic N) is 2. The Labute approximate surface area is 134 Å². The Bertz CT molecular complexity index is 733. The largest absolute Gasteiger partial charge is 0.494 e. The fourth-order valence-electron chi connectivity index (χ4n) is 2.93. The molecule has 122 valence electrons.